The van der Waals surface area contributed by atoms with Gasteiger partial charge in [-0.25, -0.2) is 4.98 Å². The Morgan fingerprint density at radius 1 is 1.12 bits per heavy atom. The molecule has 5 heteroatoms. The highest BCUT2D eigenvalue weighted by Gasteiger charge is 2.25. The van der Waals surface area contributed by atoms with Crippen LogP contribution in [0.2, 0.25) is 0 Å². The number of aliphatic hydroxyl groups is 1. The summed E-state index contributed by atoms with van der Waals surface area (Å²) in [6.07, 6.45) is 3.21. The molecule has 1 fully saturated rings. The number of hydrogen-bond acceptors (Lipinski definition) is 3. The standard InChI is InChI=1S/C20H21N3O2/c24-18-9-5-4-8-16(18)23-20(25)14-10-11-15-17(12-14)22-19(21-15)13-6-2-1-3-7-13/h1-3,6-7,10-12,16,18,24H,4-5,8-9H2,(H,21,22)(H,23,25)/t16-,18-/m0/s1. The van der Waals surface area contributed by atoms with Gasteiger partial charge >= 0.3 is 0 Å². The molecule has 4 rings (SSSR count). The van der Waals surface area contributed by atoms with Crippen LogP contribution in [0, 0.1) is 0 Å². The Morgan fingerprint density at radius 2 is 1.92 bits per heavy atom. The third-order valence-electron chi connectivity index (χ3n) is 4.84. The van der Waals surface area contributed by atoms with Crippen molar-refractivity contribution in [3.05, 3.63) is 54.1 Å². The zero-order chi connectivity index (χ0) is 17.2. The summed E-state index contributed by atoms with van der Waals surface area (Å²) in [6.45, 7) is 0. The van der Waals surface area contributed by atoms with Gasteiger partial charge in [0, 0.05) is 11.1 Å². The molecule has 1 amide bonds. The molecular weight excluding hydrogens is 314 g/mol. The Kier molecular flexibility index (Phi) is 4.24. The first-order valence-corrected chi connectivity index (χ1v) is 8.75. The van der Waals surface area contributed by atoms with Crippen molar-refractivity contribution in [2.75, 3.05) is 0 Å². The molecule has 5 nitrogen and oxygen atoms in total. The first-order chi connectivity index (χ1) is 12.2. The first kappa shape index (κ1) is 15.8. The topological polar surface area (TPSA) is 78.0 Å². The number of hydrogen-bond donors (Lipinski definition) is 3. The van der Waals surface area contributed by atoms with Crippen LogP contribution >= 0.6 is 0 Å². The summed E-state index contributed by atoms with van der Waals surface area (Å²) in [5.41, 5.74) is 3.24. The van der Waals surface area contributed by atoms with Crippen molar-refractivity contribution in [2.45, 2.75) is 37.8 Å². The minimum atomic E-state index is -0.446. The molecule has 3 aromatic rings. The molecular formula is C20H21N3O2. The van der Waals surface area contributed by atoms with Gasteiger partial charge in [-0.05, 0) is 31.0 Å². The number of carbonyl (C=O) groups is 1. The summed E-state index contributed by atoms with van der Waals surface area (Å²) in [7, 11) is 0. The van der Waals surface area contributed by atoms with E-state index < -0.39 is 6.10 Å². The lowest BCUT2D eigenvalue weighted by Gasteiger charge is -2.28. The molecule has 0 saturated heterocycles. The highest BCUT2D eigenvalue weighted by Crippen LogP contribution is 2.22. The molecule has 0 aliphatic heterocycles. The molecule has 0 bridgehead atoms. The van der Waals surface area contributed by atoms with E-state index in [2.05, 4.69) is 15.3 Å². The third-order valence-corrected chi connectivity index (χ3v) is 4.84. The highest BCUT2D eigenvalue weighted by molar-refractivity contribution is 5.97. The van der Waals surface area contributed by atoms with Gasteiger partial charge in [0.1, 0.15) is 5.82 Å². The Labute approximate surface area is 146 Å². The van der Waals surface area contributed by atoms with E-state index in [0.29, 0.717) is 5.56 Å². The van der Waals surface area contributed by atoms with E-state index in [4.69, 9.17) is 0 Å². The summed E-state index contributed by atoms with van der Waals surface area (Å²) in [5, 5.41) is 13.0. The number of imidazole rings is 1. The maximum atomic E-state index is 12.5. The van der Waals surface area contributed by atoms with Crippen molar-refractivity contribution in [3.63, 3.8) is 0 Å². The van der Waals surface area contributed by atoms with Crippen LogP contribution in [0.5, 0.6) is 0 Å². The number of rotatable bonds is 3. The normalized spacial score (nSPS) is 20.5. The maximum Gasteiger partial charge on any atom is 0.251 e. The van der Waals surface area contributed by atoms with E-state index >= 15 is 0 Å². The quantitative estimate of drug-likeness (QED) is 0.687. The number of carbonyl (C=O) groups excluding carboxylic acids is 1. The van der Waals surface area contributed by atoms with Gasteiger partial charge in [-0.15, -0.1) is 0 Å². The third kappa shape index (κ3) is 3.28. The SMILES string of the molecule is O=C(N[C@H]1CCCC[C@@H]1O)c1ccc2nc(-c3ccccc3)[nH]c2c1. The van der Waals surface area contributed by atoms with Crippen LogP contribution in [0.3, 0.4) is 0 Å². The smallest absolute Gasteiger partial charge is 0.251 e. The monoisotopic (exact) mass is 335 g/mol. The van der Waals surface area contributed by atoms with Crippen molar-refractivity contribution in [2.24, 2.45) is 0 Å². The van der Waals surface area contributed by atoms with Gasteiger partial charge in [-0.1, -0.05) is 43.2 Å². The molecule has 2 aromatic carbocycles. The van der Waals surface area contributed by atoms with E-state index in [0.717, 1.165) is 48.1 Å². The fraction of sp³-hybridized carbons (Fsp3) is 0.300. The lowest BCUT2D eigenvalue weighted by Crippen LogP contribution is -2.45. The van der Waals surface area contributed by atoms with Crippen LogP contribution in [0.25, 0.3) is 22.4 Å². The molecule has 1 aliphatic rings. The van der Waals surface area contributed by atoms with Crippen molar-refractivity contribution in [3.8, 4) is 11.4 Å². The average Bonchev–Trinajstić information content (AvgIpc) is 3.07. The maximum absolute atomic E-state index is 12.5. The largest absolute Gasteiger partial charge is 0.391 e. The zero-order valence-electron chi connectivity index (χ0n) is 13.9. The average molecular weight is 335 g/mol. The number of nitrogens with one attached hydrogen (secondary N) is 2. The van der Waals surface area contributed by atoms with Gasteiger partial charge in [0.05, 0.1) is 23.2 Å². The van der Waals surface area contributed by atoms with Crippen molar-refractivity contribution < 1.29 is 9.90 Å². The van der Waals surface area contributed by atoms with Crippen LogP contribution in [-0.2, 0) is 0 Å². The van der Waals surface area contributed by atoms with E-state index in [1.54, 1.807) is 6.07 Å². The van der Waals surface area contributed by atoms with Crippen LogP contribution < -0.4 is 5.32 Å². The molecule has 1 aromatic heterocycles. The number of aromatic nitrogens is 2. The van der Waals surface area contributed by atoms with Crippen molar-refractivity contribution >= 4 is 16.9 Å². The molecule has 1 saturated carbocycles. The van der Waals surface area contributed by atoms with Crippen LogP contribution in [0.4, 0.5) is 0 Å². The van der Waals surface area contributed by atoms with Gasteiger partial charge in [0.15, 0.2) is 0 Å². The minimum absolute atomic E-state index is 0.149. The summed E-state index contributed by atoms with van der Waals surface area (Å²) in [4.78, 5) is 20.4. The van der Waals surface area contributed by atoms with Gasteiger partial charge in [0.2, 0.25) is 0 Å². The lowest BCUT2D eigenvalue weighted by atomic mass is 9.92. The molecule has 0 radical (unpaired) electrons. The Bertz CT molecular complexity index is 888. The molecule has 0 unspecified atom stereocenters. The Balaban J connectivity index is 1.57. The van der Waals surface area contributed by atoms with E-state index in [1.807, 2.05) is 42.5 Å². The second-order valence-electron chi connectivity index (χ2n) is 6.62. The number of nitrogens with zero attached hydrogens (tertiary/aromatic N) is 1. The van der Waals surface area contributed by atoms with Gasteiger partial charge in [0.25, 0.3) is 5.91 Å². The summed E-state index contributed by atoms with van der Waals surface area (Å²) >= 11 is 0. The predicted molar refractivity (Wildman–Crippen MR) is 97.3 cm³/mol. The zero-order valence-corrected chi connectivity index (χ0v) is 13.9. The Hall–Kier alpha value is -2.66. The molecule has 2 atom stereocenters. The fourth-order valence-electron chi connectivity index (χ4n) is 3.41. The Morgan fingerprint density at radius 3 is 2.72 bits per heavy atom. The van der Waals surface area contributed by atoms with E-state index in [-0.39, 0.29) is 11.9 Å². The minimum Gasteiger partial charge on any atom is -0.391 e. The predicted octanol–water partition coefficient (Wildman–Crippen LogP) is 3.26. The molecule has 25 heavy (non-hydrogen) atoms. The van der Waals surface area contributed by atoms with E-state index in [9.17, 15) is 9.90 Å². The van der Waals surface area contributed by atoms with Crippen LogP contribution in [0.1, 0.15) is 36.0 Å². The number of aliphatic hydroxyl groups excluding tert-OH is 1. The number of amides is 1. The highest BCUT2D eigenvalue weighted by atomic mass is 16.3. The van der Waals surface area contributed by atoms with Gasteiger partial charge in [-0.3, -0.25) is 4.79 Å². The number of H-pyrrole nitrogens is 1. The molecule has 1 aliphatic carbocycles. The summed E-state index contributed by atoms with van der Waals surface area (Å²) in [6, 6.07) is 15.2. The summed E-state index contributed by atoms with van der Waals surface area (Å²) in [5.74, 6) is 0.638. The number of fused-ring (bicyclic) bond motifs is 1. The molecule has 128 valence electrons. The fourth-order valence-corrected chi connectivity index (χ4v) is 3.41. The van der Waals surface area contributed by atoms with E-state index in [1.165, 1.54) is 0 Å². The molecule has 1 heterocycles. The summed E-state index contributed by atoms with van der Waals surface area (Å²) < 4.78 is 0. The van der Waals surface area contributed by atoms with Crippen LogP contribution in [-0.4, -0.2) is 33.1 Å². The van der Waals surface area contributed by atoms with Gasteiger partial charge in [-0.2, -0.15) is 0 Å². The second kappa shape index (κ2) is 6.69. The van der Waals surface area contributed by atoms with Crippen LogP contribution in [0.15, 0.2) is 48.5 Å². The van der Waals surface area contributed by atoms with Crippen molar-refractivity contribution in [1.82, 2.24) is 15.3 Å². The van der Waals surface area contributed by atoms with Crippen molar-refractivity contribution in [1.29, 1.82) is 0 Å². The second-order valence-corrected chi connectivity index (χ2v) is 6.62. The number of aromatic amines is 1. The first-order valence-electron chi connectivity index (χ1n) is 8.75. The van der Waals surface area contributed by atoms with Gasteiger partial charge < -0.3 is 15.4 Å². The number of benzene rings is 2. The lowest BCUT2D eigenvalue weighted by molar-refractivity contribution is 0.0717. The molecule has 0 spiro atoms. The molecule has 3 N–H and O–H groups in total.